The van der Waals surface area contributed by atoms with Crippen molar-refractivity contribution in [2.45, 2.75) is 0 Å². The van der Waals surface area contributed by atoms with Gasteiger partial charge in [-0.2, -0.15) is 0 Å². The number of hydrogen-bond acceptors (Lipinski definition) is 1. The van der Waals surface area contributed by atoms with Crippen LogP contribution >= 0.6 is 0 Å². The fourth-order valence-corrected chi connectivity index (χ4v) is 7.55. The Labute approximate surface area is 277 Å². The first kappa shape index (κ1) is 26.7. The Bertz CT molecular complexity index is 2830. The molecule has 224 valence electrons. The van der Waals surface area contributed by atoms with Crippen LogP contribution in [0.2, 0.25) is 0 Å². The molecule has 0 radical (unpaired) electrons. The number of para-hydroxylation sites is 2. The second-order valence-electron chi connectivity index (χ2n) is 12.4. The number of benzene rings is 7. The summed E-state index contributed by atoms with van der Waals surface area (Å²) in [6, 6.07) is 61.2. The van der Waals surface area contributed by atoms with Crippen molar-refractivity contribution >= 4 is 54.4 Å². The van der Waals surface area contributed by atoms with Crippen LogP contribution in [0.3, 0.4) is 0 Å². The van der Waals surface area contributed by atoms with Crippen molar-refractivity contribution in [3.63, 3.8) is 0 Å². The minimum Gasteiger partial charge on any atom is -0.309 e. The van der Waals surface area contributed by atoms with Crippen LogP contribution < -0.4 is 0 Å². The van der Waals surface area contributed by atoms with E-state index < -0.39 is 0 Å². The van der Waals surface area contributed by atoms with Crippen molar-refractivity contribution in [2.24, 2.45) is 0 Å². The number of pyridine rings is 1. The molecule has 7 aromatic carbocycles. The lowest BCUT2D eigenvalue weighted by molar-refractivity contribution is 1.10. The van der Waals surface area contributed by atoms with Crippen molar-refractivity contribution in [1.82, 2.24) is 14.1 Å². The molecule has 10 aromatic rings. The van der Waals surface area contributed by atoms with Gasteiger partial charge in [-0.15, -0.1) is 0 Å². The van der Waals surface area contributed by atoms with E-state index in [0.717, 1.165) is 27.9 Å². The van der Waals surface area contributed by atoms with Gasteiger partial charge in [-0.3, -0.25) is 4.57 Å². The summed E-state index contributed by atoms with van der Waals surface area (Å²) in [6.07, 6.45) is 1.91. The van der Waals surface area contributed by atoms with Gasteiger partial charge in [0.25, 0.3) is 0 Å². The van der Waals surface area contributed by atoms with Crippen molar-refractivity contribution in [3.8, 4) is 33.8 Å². The molecular formula is C45H29N3. The molecule has 0 atom stereocenters. The molecule has 0 amide bonds. The Hall–Kier alpha value is -6.45. The molecule has 0 unspecified atom stereocenters. The van der Waals surface area contributed by atoms with Crippen LogP contribution in [0.1, 0.15) is 0 Å². The van der Waals surface area contributed by atoms with E-state index in [1.165, 1.54) is 60.2 Å². The Morgan fingerprint density at radius 3 is 1.60 bits per heavy atom. The summed E-state index contributed by atoms with van der Waals surface area (Å²) >= 11 is 0. The summed E-state index contributed by atoms with van der Waals surface area (Å²) in [5.74, 6) is 0.956. The van der Waals surface area contributed by atoms with Crippen molar-refractivity contribution < 1.29 is 0 Å². The van der Waals surface area contributed by atoms with Crippen LogP contribution in [0.25, 0.3) is 88.1 Å². The summed E-state index contributed by atoms with van der Waals surface area (Å²) in [6.45, 7) is 0. The van der Waals surface area contributed by atoms with E-state index in [9.17, 15) is 0 Å². The van der Waals surface area contributed by atoms with Crippen LogP contribution in [0, 0.1) is 0 Å². The second-order valence-corrected chi connectivity index (χ2v) is 12.4. The average Bonchev–Trinajstić information content (AvgIpc) is 3.67. The molecule has 10 rings (SSSR count). The molecule has 0 fully saturated rings. The van der Waals surface area contributed by atoms with Gasteiger partial charge in [0, 0.05) is 38.8 Å². The number of aromatic nitrogens is 3. The number of nitrogens with zero attached hydrogens (tertiary/aromatic N) is 3. The Morgan fingerprint density at radius 1 is 0.333 bits per heavy atom. The van der Waals surface area contributed by atoms with Crippen molar-refractivity contribution in [1.29, 1.82) is 0 Å². The van der Waals surface area contributed by atoms with Crippen LogP contribution in [-0.2, 0) is 0 Å². The van der Waals surface area contributed by atoms with Gasteiger partial charge in [0.1, 0.15) is 5.82 Å². The maximum absolute atomic E-state index is 4.90. The Balaban J connectivity index is 1.16. The van der Waals surface area contributed by atoms with E-state index in [1.807, 2.05) is 6.20 Å². The van der Waals surface area contributed by atoms with Crippen LogP contribution in [-0.4, -0.2) is 14.1 Å². The highest BCUT2D eigenvalue weighted by Crippen LogP contribution is 2.39. The largest absolute Gasteiger partial charge is 0.309 e. The van der Waals surface area contributed by atoms with E-state index in [-0.39, 0.29) is 0 Å². The standard InChI is InChI=1S/C45H29N3/c1-2-11-30(12-3-1)32-14-10-15-35(27-32)47-41-19-8-6-17-37(41)39-28-33(21-23-43(39)47)34-22-24-44-40(29-34)38-18-7-9-20-42(38)48(44)45-36-16-5-4-13-31(36)25-26-46-45/h1-29H. The SMILES string of the molecule is c1ccc(-c2cccc(-n3c4ccccc4c4cc(-c5ccc6c(c5)c5ccccc5n6-c5nccc6ccccc56)ccc43)c2)cc1. The average molecular weight is 612 g/mol. The van der Waals surface area contributed by atoms with E-state index in [4.69, 9.17) is 4.98 Å². The van der Waals surface area contributed by atoms with Crippen LogP contribution in [0.5, 0.6) is 0 Å². The molecular weight excluding hydrogens is 583 g/mol. The first-order valence-electron chi connectivity index (χ1n) is 16.4. The number of hydrogen-bond donors (Lipinski definition) is 0. The van der Waals surface area contributed by atoms with E-state index in [2.05, 4.69) is 179 Å². The zero-order valence-electron chi connectivity index (χ0n) is 26.1. The Kier molecular flexibility index (Phi) is 5.87. The molecule has 0 bridgehead atoms. The summed E-state index contributed by atoms with van der Waals surface area (Å²) in [5.41, 5.74) is 10.7. The third kappa shape index (κ3) is 4.04. The summed E-state index contributed by atoms with van der Waals surface area (Å²) < 4.78 is 4.71. The Morgan fingerprint density at radius 2 is 0.875 bits per heavy atom. The number of rotatable bonds is 4. The molecule has 3 aromatic heterocycles. The van der Waals surface area contributed by atoms with Gasteiger partial charge < -0.3 is 4.57 Å². The van der Waals surface area contributed by atoms with Crippen LogP contribution in [0.4, 0.5) is 0 Å². The quantitative estimate of drug-likeness (QED) is 0.194. The molecule has 48 heavy (non-hydrogen) atoms. The summed E-state index contributed by atoms with van der Waals surface area (Å²) in [7, 11) is 0. The normalized spacial score (nSPS) is 11.8. The van der Waals surface area contributed by atoms with E-state index >= 15 is 0 Å². The zero-order chi connectivity index (χ0) is 31.6. The first-order valence-corrected chi connectivity index (χ1v) is 16.4. The minimum atomic E-state index is 0.956. The third-order valence-electron chi connectivity index (χ3n) is 9.75. The predicted molar refractivity (Wildman–Crippen MR) is 201 cm³/mol. The monoisotopic (exact) mass is 611 g/mol. The van der Waals surface area contributed by atoms with Crippen molar-refractivity contribution in [3.05, 3.63) is 176 Å². The molecule has 0 saturated heterocycles. The van der Waals surface area contributed by atoms with Gasteiger partial charge in [0.2, 0.25) is 0 Å². The minimum absolute atomic E-state index is 0.956. The van der Waals surface area contributed by atoms with Gasteiger partial charge in [0.05, 0.1) is 22.1 Å². The lowest BCUT2D eigenvalue weighted by Gasteiger charge is -2.11. The topological polar surface area (TPSA) is 22.8 Å². The fraction of sp³-hybridized carbons (Fsp3) is 0. The van der Waals surface area contributed by atoms with E-state index in [0.29, 0.717) is 0 Å². The highest BCUT2D eigenvalue weighted by Gasteiger charge is 2.17. The lowest BCUT2D eigenvalue weighted by atomic mass is 10.0. The second kappa shape index (κ2) is 10.5. The van der Waals surface area contributed by atoms with Gasteiger partial charge in [0.15, 0.2) is 0 Å². The molecule has 0 spiro atoms. The molecule has 0 aliphatic carbocycles. The van der Waals surface area contributed by atoms with Crippen LogP contribution in [0.15, 0.2) is 176 Å². The molecule has 0 aliphatic rings. The lowest BCUT2D eigenvalue weighted by Crippen LogP contribution is -1.98. The maximum Gasteiger partial charge on any atom is 0.145 e. The molecule has 3 heteroatoms. The maximum atomic E-state index is 4.90. The third-order valence-corrected chi connectivity index (χ3v) is 9.75. The smallest absolute Gasteiger partial charge is 0.145 e. The molecule has 0 saturated carbocycles. The highest BCUT2D eigenvalue weighted by molar-refractivity contribution is 6.13. The molecule has 3 heterocycles. The number of fused-ring (bicyclic) bond motifs is 7. The molecule has 0 N–H and O–H groups in total. The molecule has 0 aliphatic heterocycles. The molecule has 3 nitrogen and oxygen atoms in total. The predicted octanol–water partition coefficient (Wildman–Crippen LogP) is 11.8. The van der Waals surface area contributed by atoms with Gasteiger partial charge in [-0.1, -0.05) is 115 Å². The van der Waals surface area contributed by atoms with E-state index in [1.54, 1.807) is 0 Å². The fourth-order valence-electron chi connectivity index (χ4n) is 7.55. The van der Waals surface area contributed by atoms with Gasteiger partial charge in [-0.05, 0) is 82.2 Å². The van der Waals surface area contributed by atoms with Gasteiger partial charge in [-0.25, -0.2) is 4.98 Å². The van der Waals surface area contributed by atoms with Crippen molar-refractivity contribution in [2.75, 3.05) is 0 Å². The zero-order valence-corrected chi connectivity index (χ0v) is 26.1. The summed E-state index contributed by atoms with van der Waals surface area (Å²) in [5, 5.41) is 7.26. The highest BCUT2D eigenvalue weighted by atomic mass is 15.1. The summed E-state index contributed by atoms with van der Waals surface area (Å²) in [4.78, 5) is 4.90. The van der Waals surface area contributed by atoms with Gasteiger partial charge >= 0.3 is 0 Å². The first-order chi connectivity index (χ1) is 23.8.